The summed E-state index contributed by atoms with van der Waals surface area (Å²) in [6.07, 6.45) is 2.26. The lowest BCUT2D eigenvalue weighted by molar-refractivity contribution is -0.125. The molecular weight excluding hydrogens is 312 g/mol. The van der Waals surface area contributed by atoms with E-state index in [4.69, 9.17) is 4.74 Å². The zero-order valence-electron chi connectivity index (χ0n) is 14.5. The van der Waals surface area contributed by atoms with Crippen LogP contribution >= 0.6 is 11.5 Å². The van der Waals surface area contributed by atoms with Gasteiger partial charge in [0.25, 0.3) is 0 Å². The third-order valence-electron chi connectivity index (χ3n) is 4.30. The van der Waals surface area contributed by atoms with Gasteiger partial charge in [0.1, 0.15) is 6.61 Å². The molecule has 6 nitrogen and oxygen atoms in total. The number of methoxy groups -OCH3 is 1. The van der Waals surface area contributed by atoms with E-state index in [2.05, 4.69) is 40.6 Å². The molecule has 0 saturated carbocycles. The van der Waals surface area contributed by atoms with E-state index in [9.17, 15) is 4.79 Å². The number of amides is 1. The molecule has 1 aromatic heterocycles. The molecule has 1 N–H and O–H groups in total. The van der Waals surface area contributed by atoms with Gasteiger partial charge in [-0.05, 0) is 29.8 Å². The predicted molar refractivity (Wildman–Crippen MR) is 91.5 cm³/mol. The topological polar surface area (TPSA) is 67.4 Å². The highest BCUT2D eigenvalue weighted by Crippen LogP contribution is 2.27. The monoisotopic (exact) mass is 340 g/mol. The zero-order chi connectivity index (χ0) is 16.8. The van der Waals surface area contributed by atoms with Crippen LogP contribution < -0.4 is 5.32 Å². The molecule has 1 saturated heterocycles. The summed E-state index contributed by atoms with van der Waals surface area (Å²) in [6, 6.07) is 0.209. The first-order valence-electron chi connectivity index (χ1n) is 8.36. The molecule has 1 aliphatic rings. The summed E-state index contributed by atoms with van der Waals surface area (Å²) in [4.78, 5) is 15.5. The minimum absolute atomic E-state index is 0.0252. The van der Waals surface area contributed by atoms with Crippen molar-refractivity contribution >= 4 is 17.4 Å². The molecule has 1 aliphatic heterocycles. The van der Waals surface area contributed by atoms with Crippen LogP contribution in [0.4, 0.5) is 0 Å². The van der Waals surface area contributed by atoms with Gasteiger partial charge >= 0.3 is 0 Å². The summed E-state index contributed by atoms with van der Waals surface area (Å²) in [5.74, 6) is 0.877. The van der Waals surface area contributed by atoms with Crippen LogP contribution in [-0.2, 0) is 16.1 Å². The zero-order valence-corrected chi connectivity index (χ0v) is 15.4. The number of carbonyl (C=O) groups is 1. The molecule has 2 heterocycles. The second-order valence-electron chi connectivity index (χ2n) is 6.59. The molecule has 1 aromatic rings. The lowest BCUT2D eigenvalue weighted by Crippen LogP contribution is -2.42. The van der Waals surface area contributed by atoms with Crippen molar-refractivity contribution in [2.75, 3.05) is 26.8 Å². The van der Waals surface area contributed by atoms with Crippen molar-refractivity contribution in [1.82, 2.24) is 19.8 Å². The maximum atomic E-state index is 11.8. The fourth-order valence-corrected chi connectivity index (χ4v) is 4.10. The van der Waals surface area contributed by atoms with Crippen molar-refractivity contribution in [3.8, 4) is 0 Å². The van der Waals surface area contributed by atoms with E-state index >= 15 is 0 Å². The van der Waals surface area contributed by atoms with Gasteiger partial charge in [-0.15, -0.1) is 5.10 Å². The summed E-state index contributed by atoms with van der Waals surface area (Å²) < 4.78 is 9.03. The molecule has 0 radical (unpaired) electrons. The van der Waals surface area contributed by atoms with Gasteiger partial charge < -0.3 is 10.1 Å². The van der Waals surface area contributed by atoms with Crippen LogP contribution in [0.1, 0.15) is 50.1 Å². The van der Waals surface area contributed by atoms with E-state index in [0.29, 0.717) is 11.8 Å². The molecule has 1 amide bonds. The van der Waals surface area contributed by atoms with E-state index in [1.54, 1.807) is 7.11 Å². The second-order valence-corrected chi connectivity index (χ2v) is 7.42. The lowest BCUT2D eigenvalue weighted by atomic mass is 9.98. The molecule has 23 heavy (non-hydrogen) atoms. The second kappa shape index (κ2) is 8.70. The van der Waals surface area contributed by atoms with Gasteiger partial charge in [-0.2, -0.15) is 0 Å². The van der Waals surface area contributed by atoms with Gasteiger partial charge in [-0.25, -0.2) is 0 Å². The summed E-state index contributed by atoms with van der Waals surface area (Å²) in [5, 5.41) is 7.39. The van der Waals surface area contributed by atoms with Crippen LogP contribution in [0.5, 0.6) is 0 Å². The Morgan fingerprint density at radius 2 is 2.26 bits per heavy atom. The Labute approximate surface area is 142 Å². The number of nitrogens with one attached hydrogen (secondary N) is 1. The highest BCUT2D eigenvalue weighted by molar-refractivity contribution is 7.05. The van der Waals surface area contributed by atoms with Crippen molar-refractivity contribution in [2.45, 2.75) is 52.1 Å². The quantitative estimate of drug-likeness (QED) is 0.784. The smallest absolute Gasteiger partial charge is 0.246 e. The largest absolute Gasteiger partial charge is 0.375 e. The summed E-state index contributed by atoms with van der Waals surface area (Å²) in [7, 11) is 1.55. The maximum absolute atomic E-state index is 11.8. The first-order valence-corrected chi connectivity index (χ1v) is 9.14. The molecule has 0 spiro atoms. The molecule has 7 heteroatoms. The Hall–Kier alpha value is -1.05. The number of carbonyl (C=O) groups excluding carboxylic acids is 1. The minimum atomic E-state index is -0.0252. The van der Waals surface area contributed by atoms with Crippen LogP contribution in [0, 0.1) is 5.92 Å². The van der Waals surface area contributed by atoms with E-state index < -0.39 is 0 Å². The van der Waals surface area contributed by atoms with E-state index in [1.807, 2.05) is 0 Å². The molecule has 0 aliphatic carbocycles. The number of hydrogen-bond donors (Lipinski definition) is 1. The van der Waals surface area contributed by atoms with Crippen LogP contribution in [0.15, 0.2) is 0 Å². The number of hydrogen-bond acceptors (Lipinski definition) is 6. The van der Waals surface area contributed by atoms with Gasteiger partial charge in [0, 0.05) is 32.8 Å². The Bertz CT molecular complexity index is 506. The fourth-order valence-electron chi connectivity index (χ4n) is 3.26. The Morgan fingerprint density at radius 1 is 1.48 bits per heavy atom. The SMILES string of the molecule is CCC[C@H]1CN(Cc2snnc2C(C)C)C[C@@H]1NC(=O)COC. The Balaban J connectivity index is 1.98. The van der Waals surface area contributed by atoms with Gasteiger partial charge in [0.05, 0.1) is 10.6 Å². The predicted octanol–water partition coefficient (Wildman–Crippen LogP) is 2.02. The lowest BCUT2D eigenvalue weighted by Gasteiger charge is -2.19. The van der Waals surface area contributed by atoms with Crippen molar-refractivity contribution in [1.29, 1.82) is 0 Å². The van der Waals surface area contributed by atoms with Crippen molar-refractivity contribution < 1.29 is 9.53 Å². The molecule has 130 valence electrons. The van der Waals surface area contributed by atoms with E-state index in [1.165, 1.54) is 16.4 Å². The third kappa shape index (κ3) is 4.96. The molecule has 1 fully saturated rings. The van der Waals surface area contributed by atoms with E-state index in [-0.39, 0.29) is 18.6 Å². The van der Waals surface area contributed by atoms with Gasteiger partial charge in [0.2, 0.25) is 5.91 Å². The number of nitrogens with zero attached hydrogens (tertiary/aromatic N) is 3. The van der Waals surface area contributed by atoms with Gasteiger partial charge in [-0.3, -0.25) is 9.69 Å². The van der Waals surface area contributed by atoms with Gasteiger partial charge in [-0.1, -0.05) is 31.7 Å². The van der Waals surface area contributed by atoms with Crippen LogP contribution in [0.25, 0.3) is 0 Å². The number of rotatable bonds is 8. The van der Waals surface area contributed by atoms with Crippen LogP contribution in [0.3, 0.4) is 0 Å². The number of aromatic nitrogens is 2. The van der Waals surface area contributed by atoms with E-state index in [0.717, 1.165) is 38.2 Å². The Kier molecular flexibility index (Phi) is 6.92. The first kappa shape index (κ1) is 18.3. The van der Waals surface area contributed by atoms with Crippen molar-refractivity contribution in [3.63, 3.8) is 0 Å². The first-order chi connectivity index (χ1) is 11.0. The summed E-state index contributed by atoms with van der Waals surface area (Å²) in [6.45, 7) is 9.40. The molecule has 0 aromatic carbocycles. The third-order valence-corrected chi connectivity index (χ3v) is 5.02. The minimum Gasteiger partial charge on any atom is -0.375 e. The molecule has 2 rings (SSSR count). The molecule has 0 unspecified atom stereocenters. The number of likely N-dealkylation sites (tertiary alicyclic amines) is 1. The van der Waals surface area contributed by atoms with Crippen molar-refractivity contribution in [2.24, 2.45) is 5.92 Å². The summed E-state index contributed by atoms with van der Waals surface area (Å²) in [5.41, 5.74) is 1.11. The molecule has 0 bridgehead atoms. The average Bonchev–Trinajstić information content (AvgIpc) is 3.08. The van der Waals surface area contributed by atoms with Crippen LogP contribution in [-0.4, -0.2) is 53.2 Å². The highest BCUT2D eigenvalue weighted by Gasteiger charge is 2.33. The number of ether oxygens (including phenoxy) is 1. The standard InChI is InChI=1S/C16H28N4O2S/c1-5-6-12-7-20(8-13(12)17-15(21)10-22-4)9-14-16(11(2)3)18-19-23-14/h11-13H,5-10H2,1-4H3,(H,17,21)/t12-,13-/m0/s1. The average molecular weight is 340 g/mol. The van der Waals surface area contributed by atoms with Gasteiger partial charge in [0.15, 0.2) is 0 Å². The fraction of sp³-hybridized carbons (Fsp3) is 0.812. The van der Waals surface area contributed by atoms with Crippen LogP contribution in [0.2, 0.25) is 0 Å². The molecule has 2 atom stereocenters. The highest BCUT2D eigenvalue weighted by atomic mass is 32.1. The molecular formula is C16H28N4O2S. The normalized spacial score (nSPS) is 22.0. The Morgan fingerprint density at radius 3 is 2.91 bits per heavy atom. The summed E-state index contributed by atoms with van der Waals surface area (Å²) >= 11 is 1.49. The maximum Gasteiger partial charge on any atom is 0.246 e. The van der Waals surface area contributed by atoms with Crippen molar-refractivity contribution in [3.05, 3.63) is 10.6 Å².